The highest BCUT2D eigenvalue weighted by atomic mass is 16.5. The molecule has 0 aliphatic carbocycles. The largest absolute Gasteiger partial charge is 0.458 e. The molecule has 0 atom stereocenters. The van der Waals surface area contributed by atoms with Crippen LogP contribution < -0.4 is 9.30 Å². The maximum absolute atomic E-state index is 6.85. The van der Waals surface area contributed by atoms with Gasteiger partial charge in [0, 0.05) is 62.8 Å². The monoisotopic (exact) mass is 796 g/mol. The van der Waals surface area contributed by atoms with E-state index in [4.69, 9.17) is 9.72 Å². The number of aryl methyl sites for hydroxylation is 1. The predicted octanol–water partition coefficient (Wildman–Crippen LogP) is 12.7. The molecule has 0 aliphatic rings. The van der Waals surface area contributed by atoms with Crippen LogP contribution in [0.5, 0.6) is 11.5 Å². The molecular weight excluding hydrogens is 761 g/mol. The molecule has 0 bridgehead atoms. The highest BCUT2D eigenvalue weighted by Gasteiger charge is 2.28. The highest BCUT2D eigenvalue weighted by molar-refractivity contribution is 6.40. The van der Waals surface area contributed by atoms with Crippen LogP contribution in [0.15, 0.2) is 200 Å². The number of ether oxygens (including phenoxy) is 1. The van der Waals surface area contributed by atoms with Crippen molar-refractivity contribution in [3.05, 3.63) is 207 Å². The number of hydrogen-bond acceptors (Lipinski definition) is 2. The van der Waals surface area contributed by atoms with E-state index in [0.717, 1.165) is 72.9 Å². The van der Waals surface area contributed by atoms with Gasteiger partial charge in [0.15, 0.2) is 0 Å². The topological polar surface area (TPSA) is 45.7 Å². The second-order valence-electron chi connectivity index (χ2n) is 15.8. The Kier molecular flexibility index (Phi) is 7.39. The van der Waals surface area contributed by atoms with Gasteiger partial charge in [0.1, 0.15) is 17.3 Å². The summed E-state index contributed by atoms with van der Waals surface area (Å²) in [4.78, 5) is 5.03. The Balaban J connectivity index is 1.09. The average molecular weight is 797 g/mol. The first kappa shape index (κ1) is 34.4. The molecule has 13 aromatic rings. The highest BCUT2D eigenvalue weighted by Crippen LogP contribution is 2.49. The molecule has 0 saturated carbocycles. The van der Waals surface area contributed by atoms with Crippen LogP contribution in [0.25, 0.3) is 99.3 Å². The normalized spacial score (nSPS) is 12.0. The molecule has 7 nitrogen and oxygen atoms in total. The van der Waals surface area contributed by atoms with Gasteiger partial charge in [-0.2, -0.15) is 0 Å². The Bertz CT molecular complexity index is 3890. The smallest absolute Gasteiger partial charge is 0.269 e. The molecule has 0 fully saturated rings. The molecule has 62 heavy (non-hydrogen) atoms. The first-order chi connectivity index (χ1) is 30.7. The standard InChI is InChI=1S/C55H36N6O/c1-57-44-25-10-8-23-41(44)50-53(57)51-42-24-9-11-26-45(42)60(37-19-6-3-7-20-37)54(51)52-43-31-30-40(34-48(43)61(55(50)52)49-29-14-15-32-56-49)62-39-22-16-21-38(33-39)59-35-58(36-17-4-2-5-18-36)46-27-12-13-28-47(46)59/h2-34H,1H3. The third kappa shape index (κ3) is 4.93. The van der Waals surface area contributed by atoms with E-state index in [0.29, 0.717) is 0 Å². The summed E-state index contributed by atoms with van der Waals surface area (Å²) in [6.45, 7) is 0. The van der Waals surface area contributed by atoms with Crippen LogP contribution in [0.3, 0.4) is 0 Å². The Hall–Kier alpha value is -8.42. The predicted molar refractivity (Wildman–Crippen MR) is 251 cm³/mol. The minimum Gasteiger partial charge on any atom is -0.458 e. The van der Waals surface area contributed by atoms with Crippen molar-refractivity contribution in [1.82, 2.24) is 23.3 Å². The van der Waals surface area contributed by atoms with Crippen LogP contribution >= 0.6 is 0 Å². The summed E-state index contributed by atoms with van der Waals surface area (Å²) in [5.41, 5.74) is 12.0. The average Bonchev–Trinajstić information content (AvgIpc) is 4.07. The van der Waals surface area contributed by atoms with Gasteiger partial charge in [0.25, 0.3) is 6.33 Å². The van der Waals surface area contributed by atoms with Crippen molar-refractivity contribution in [2.24, 2.45) is 7.05 Å². The SMILES string of the molecule is Cn1c2ccccc2c2c1c1c3ccccc3n(-c3ccccc3)c1c1c3ccc(Oc4cccc(-[n+]5[c-]n(-c6ccccc6)c6ccccc65)c4)cc3n(-c3ccccn3)c21. The fourth-order valence-electron chi connectivity index (χ4n) is 9.86. The second kappa shape index (κ2) is 13.3. The number of aromatic nitrogens is 6. The number of pyridine rings is 1. The van der Waals surface area contributed by atoms with Crippen LogP contribution in [0, 0.1) is 6.33 Å². The summed E-state index contributed by atoms with van der Waals surface area (Å²) >= 11 is 0. The number of fused-ring (bicyclic) bond motifs is 13. The van der Waals surface area contributed by atoms with Gasteiger partial charge in [0.2, 0.25) is 0 Å². The summed E-state index contributed by atoms with van der Waals surface area (Å²) in [6.07, 6.45) is 5.49. The summed E-state index contributed by atoms with van der Waals surface area (Å²) in [5, 5.41) is 7.12. The fourth-order valence-corrected chi connectivity index (χ4v) is 9.86. The van der Waals surface area contributed by atoms with Crippen LogP contribution in [0.2, 0.25) is 0 Å². The molecule has 0 amide bonds. The molecule has 292 valence electrons. The third-order valence-corrected chi connectivity index (χ3v) is 12.4. The van der Waals surface area contributed by atoms with Crippen LogP contribution in [-0.4, -0.2) is 23.3 Å². The van der Waals surface area contributed by atoms with Crippen molar-refractivity contribution < 1.29 is 9.30 Å². The second-order valence-corrected chi connectivity index (χ2v) is 15.8. The van der Waals surface area contributed by atoms with Crippen LogP contribution in [0.4, 0.5) is 0 Å². The van der Waals surface area contributed by atoms with Crippen molar-refractivity contribution in [3.8, 4) is 34.4 Å². The zero-order valence-corrected chi connectivity index (χ0v) is 33.6. The molecule has 0 aliphatic heterocycles. The Morgan fingerprint density at radius 3 is 1.85 bits per heavy atom. The van der Waals surface area contributed by atoms with Gasteiger partial charge in [-0.3, -0.25) is 13.7 Å². The number of para-hydroxylation sites is 6. The van der Waals surface area contributed by atoms with E-state index in [2.05, 4.69) is 206 Å². The third-order valence-electron chi connectivity index (χ3n) is 12.4. The maximum Gasteiger partial charge on any atom is 0.269 e. The van der Waals surface area contributed by atoms with E-state index in [-0.39, 0.29) is 0 Å². The van der Waals surface area contributed by atoms with E-state index in [1.807, 2.05) is 30.5 Å². The molecule has 0 spiro atoms. The number of imidazole rings is 1. The minimum absolute atomic E-state index is 0.725. The van der Waals surface area contributed by atoms with Crippen molar-refractivity contribution in [1.29, 1.82) is 0 Å². The molecule has 0 N–H and O–H groups in total. The Morgan fingerprint density at radius 2 is 1.08 bits per heavy atom. The summed E-state index contributed by atoms with van der Waals surface area (Å²) in [7, 11) is 2.20. The lowest BCUT2D eigenvalue weighted by Crippen LogP contribution is -2.29. The Labute approximate surface area is 355 Å². The molecule has 8 aromatic carbocycles. The molecular formula is C55H36N6O. The van der Waals surface area contributed by atoms with E-state index in [1.165, 1.54) is 38.0 Å². The number of hydrogen-bond donors (Lipinski definition) is 0. The lowest BCUT2D eigenvalue weighted by molar-refractivity contribution is -0.572. The molecule has 5 aromatic heterocycles. The van der Waals surface area contributed by atoms with E-state index < -0.39 is 0 Å². The number of rotatable bonds is 6. The first-order valence-electron chi connectivity index (χ1n) is 20.9. The zero-order chi connectivity index (χ0) is 40.9. The minimum atomic E-state index is 0.725. The van der Waals surface area contributed by atoms with Crippen molar-refractivity contribution in [2.75, 3.05) is 0 Å². The van der Waals surface area contributed by atoms with E-state index >= 15 is 0 Å². The fraction of sp³-hybridized carbons (Fsp3) is 0.0182. The number of nitrogens with zero attached hydrogens (tertiary/aromatic N) is 6. The van der Waals surface area contributed by atoms with Gasteiger partial charge in [-0.15, -0.1) is 0 Å². The van der Waals surface area contributed by atoms with Crippen molar-refractivity contribution in [3.63, 3.8) is 0 Å². The van der Waals surface area contributed by atoms with E-state index in [1.54, 1.807) is 0 Å². The summed E-state index contributed by atoms with van der Waals surface area (Å²) in [5.74, 6) is 2.29. The summed E-state index contributed by atoms with van der Waals surface area (Å²) < 4.78 is 18.2. The van der Waals surface area contributed by atoms with Gasteiger partial charge in [-0.1, -0.05) is 109 Å². The molecule has 13 rings (SSSR count). The van der Waals surface area contributed by atoms with Crippen molar-refractivity contribution in [2.45, 2.75) is 0 Å². The number of benzene rings is 8. The molecule has 0 radical (unpaired) electrons. The molecule has 0 saturated heterocycles. The van der Waals surface area contributed by atoms with E-state index in [9.17, 15) is 0 Å². The van der Waals surface area contributed by atoms with Gasteiger partial charge in [0.05, 0.1) is 50.0 Å². The Morgan fingerprint density at radius 1 is 0.468 bits per heavy atom. The molecule has 7 heteroatoms. The van der Waals surface area contributed by atoms with Crippen LogP contribution in [0.1, 0.15) is 0 Å². The summed E-state index contributed by atoms with van der Waals surface area (Å²) in [6, 6.07) is 67.9. The van der Waals surface area contributed by atoms with Gasteiger partial charge < -0.3 is 13.9 Å². The van der Waals surface area contributed by atoms with Crippen LogP contribution in [-0.2, 0) is 7.05 Å². The maximum atomic E-state index is 6.85. The van der Waals surface area contributed by atoms with Gasteiger partial charge >= 0.3 is 0 Å². The van der Waals surface area contributed by atoms with Gasteiger partial charge in [-0.05, 0) is 78.9 Å². The lowest BCUT2D eigenvalue weighted by Gasteiger charge is -2.12. The first-order valence-corrected chi connectivity index (χ1v) is 20.9. The van der Waals surface area contributed by atoms with Crippen molar-refractivity contribution >= 4 is 76.5 Å². The zero-order valence-electron chi connectivity index (χ0n) is 33.6. The quantitative estimate of drug-likeness (QED) is 0.124. The molecule has 5 heterocycles. The molecule has 0 unspecified atom stereocenters. The van der Waals surface area contributed by atoms with Gasteiger partial charge in [-0.25, -0.2) is 4.98 Å². The lowest BCUT2D eigenvalue weighted by atomic mass is 10.0.